The molecule has 4 heteroatoms. The monoisotopic (exact) mass is 272 g/mol. The molecule has 3 N–H and O–H groups in total. The van der Waals surface area contributed by atoms with Crippen LogP contribution in [0.2, 0.25) is 0 Å². The van der Waals surface area contributed by atoms with Gasteiger partial charge in [-0.1, -0.05) is 18.2 Å². The summed E-state index contributed by atoms with van der Waals surface area (Å²) in [4.78, 5) is 6.96. The highest BCUT2D eigenvalue weighted by atomic mass is 15.1. The number of benzene rings is 1. The lowest BCUT2D eigenvalue weighted by Gasteiger charge is -2.12. The number of aliphatic imine (C=N–C) groups is 1. The maximum atomic E-state index is 5.96. The minimum atomic E-state index is 0.362. The van der Waals surface area contributed by atoms with Gasteiger partial charge in [0.2, 0.25) is 0 Å². The van der Waals surface area contributed by atoms with E-state index in [2.05, 4.69) is 22.3 Å². The first-order valence-corrected chi connectivity index (χ1v) is 7.24. The molecule has 0 amide bonds. The molecular formula is C16H24N4. The molecule has 0 spiro atoms. The van der Waals surface area contributed by atoms with Gasteiger partial charge in [0.25, 0.3) is 0 Å². The third kappa shape index (κ3) is 5.05. The van der Waals surface area contributed by atoms with E-state index in [-0.39, 0.29) is 0 Å². The second-order valence-corrected chi connectivity index (χ2v) is 5.29. The van der Waals surface area contributed by atoms with Crippen LogP contribution in [0, 0.1) is 0 Å². The minimum Gasteiger partial charge on any atom is -0.384 e. The average Bonchev–Trinajstić information content (AvgIpc) is 2.65. The largest absolute Gasteiger partial charge is 0.384 e. The van der Waals surface area contributed by atoms with Crippen molar-refractivity contribution in [3.63, 3.8) is 0 Å². The molecule has 1 unspecified atom stereocenters. The number of hydrogen-bond donors (Lipinski definition) is 2. The molecule has 0 aromatic heterocycles. The lowest BCUT2D eigenvalue weighted by atomic mass is 10.1. The molecule has 0 radical (unpaired) electrons. The van der Waals surface area contributed by atoms with Gasteiger partial charge in [-0.05, 0) is 57.6 Å². The van der Waals surface area contributed by atoms with E-state index in [4.69, 9.17) is 5.73 Å². The van der Waals surface area contributed by atoms with Crippen LogP contribution in [0.3, 0.4) is 0 Å². The molecule has 1 saturated heterocycles. The van der Waals surface area contributed by atoms with Crippen molar-refractivity contribution in [2.75, 3.05) is 25.5 Å². The maximum absolute atomic E-state index is 5.96. The van der Waals surface area contributed by atoms with E-state index in [0.29, 0.717) is 11.9 Å². The molecule has 0 bridgehead atoms. The summed E-state index contributed by atoms with van der Waals surface area (Å²) in [5.74, 6) is 0.600. The van der Waals surface area contributed by atoms with Crippen molar-refractivity contribution in [1.29, 1.82) is 0 Å². The first kappa shape index (κ1) is 14.6. The van der Waals surface area contributed by atoms with E-state index in [1.165, 1.54) is 6.42 Å². The molecule has 0 saturated carbocycles. The van der Waals surface area contributed by atoms with E-state index >= 15 is 0 Å². The third-order valence-corrected chi connectivity index (χ3v) is 3.53. The Morgan fingerprint density at radius 2 is 2.10 bits per heavy atom. The van der Waals surface area contributed by atoms with E-state index in [9.17, 15) is 0 Å². The number of rotatable bonds is 4. The third-order valence-electron chi connectivity index (χ3n) is 3.53. The van der Waals surface area contributed by atoms with E-state index in [1.54, 1.807) is 0 Å². The van der Waals surface area contributed by atoms with Crippen LogP contribution >= 0.6 is 0 Å². The summed E-state index contributed by atoms with van der Waals surface area (Å²) in [5.41, 5.74) is 7.01. The first-order chi connectivity index (χ1) is 9.74. The highest BCUT2D eigenvalue weighted by Crippen LogP contribution is 2.13. The molecule has 1 heterocycles. The fourth-order valence-electron chi connectivity index (χ4n) is 2.36. The molecule has 0 aliphatic carbocycles. The van der Waals surface area contributed by atoms with Crippen molar-refractivity contribution in [3.05, 3.63) is 42.6 Å². The smallest absolute Gasteiger partial charge is 0.119 e. The Morgan fingerprint density at radius 3 is 2.90 bits per heavy atom. The number of nitrogens with one attached hydrogen (secondary N) is 1. The van der Waals surface area contributed by atoms with Crippen LogP contribution in [0.4, 0.5) is 5.69 Å². The average molecular weight is 272 g/mol. The van der Waals surface area contributed by atoms with Gasteiger partial charge in [0.1, 0.15) is 5.84 Å². The molecule has 108 valence electrons. The Balaban J connectivity index is 1.84. The van der Waals surface area contributed by atoms with Crippen molar-refractivity contribution < 1.29 is 0 Å². The predicted octanol–water partition coefficient (Wildman–Crippen LogP) is 2.45. The van der Waals surface area contributed by atoms with Gasteiger partial charge in [-0.25, -0.2) is 0 Å². The van der Waals surface area contributed by atoms with Crippen LogP contribution in [0.5, 0.6) is 0 Å². The second-order valence-electron chi connectivity index (χ2n) is 5.29. The molecule has 1 aromatic carbocycles. The summed E-state index contributed by atoms with van der Waals surface area (Å²) in [6.45, 7) is 2.27. The quantitative estimate of drug-likeness (QED) is 0.654. The molecule has 1 aromatic rings. The lowest BCUT2D eigenvalue weighted by molar-refractivity contribution is 0.347. The molecule has 1 atom stereocenters. The Kier molecular flexibility index (Phi) is 5.62. The van der Waals surface area contributed by atoms with Crippen molar-refractivity contribution in [2.24, 2.45) is 10.7 Å². The van der Waals surface area contributed by atoms with E-state index < -0.39 is 0 Å². The van der Waals surface area contributed by atoms with Gasteiger partial charge >= 0.3 is 0 Å². The topological polar surface area (TPSA) is 53.6 Å². The summed E-state index contributed by atoms with van der Waals surface area (Å²) in [7, 11) is 2.17. The molecule has 1 fully saturated rings. The van der Waals surface area contributed by atoms with Crippen molar-refractivity contribution in [1.82, 2.24) is 4.90 Å². The number of likely N-dealkylation sites (tertiary alicyclic amines) is 1. The fraction of sp³-hybridized carbons (Fsp3) is 0.438. The number of nitrogens with zero attached hydrogens (tertiary/aromatic N) is 2. The summed E-state index contributed by atoms with van der Waals surface area (Å²) >= 11 is 0. The molecule has 1 aliphatic heterocycles. The number of para-hydroxylation sites is 1. The second kappa shape index (κ2) is 7.70. The number of hydrogen-bond acceptors (Lipinski definition) is 3. The van der Waals surface area contributed by atoms with Gasteiger partial charge in [0.15, 0.2) is 0 Å². The number of nitrogens with two attached hydrogens (primary N) is 1. The van der Waals surface area contributed by atoms with Gasteiger partial charge in [0.05, 0.1) is 6.04 Å². The highest BCUT2D eigenvalue weighted by Gasteiger charge is 2.13. The Labute approximate surface area is 121 Å². The Bertz CT molecular complexity index is 453. The Hall–Kier alpha value is -1.81. The molecular weight excluding hydrogens is 248 g/mol. The van der Waals surface area contributed by atoms with Crippen LogP contribution in [0.25, 0.3) is 0 Å². The zero-order valence-electron chi connectivity index (χ0n) is 12.1. The summed E-state index contributed by atoms with van der Waals surface area (Å²) < 4.78 is 0. The molecule has 1 aliphatic rings. The van der Waals surface area contributed by atoms with Crippen molar-refractivity contribution >= 4 is 11.5 Å². The highest BCUT2D eigenvalue weighted by molar-refractivity contribution is 5.91. The zero-order chi connectivity index (χ0) is 14.2. The van der Waals surface area contributed by atoms with E-state index in [1.807, 2.05) is 42.6 Å². The number of amidine groups is 1. The predicted molar refractivity (Wildman–Crippen MR) is 86.0 cm³/mol. The van der Waals surface area contributed by atoms with Crippen LogP contribution < -0.4 is 11.1 Å². The summed E-state index contributed by atoms with van der Waals surface area (Å²) in [6.07, 6.45) is 7.10. The van der Waals surface area contributed by atoms with Crippen molar-refractivity contribution in [3.8, 4) is 0 Å². The van der Waals surface area contributed by atoms with Gasteiger partial charge < -0.3 is 16.0 Å². The molecule has 20 heavy (non-hydrogen) atoms. The van der Waals surface area contributed by atoms with Crippen LogP contribution in [-0.4, -0.2) is 36.9 Å². The minimum absolute atomic E-state index is 0.362. The maximum Gasteiger partial charge on any atom is 0.119 e. The van der Waals surface area contributed by atoms with Gasteiger partial charge in [-0.2, -0.15) is 0 Å². The lowest BCUT2D eigenvalue weighted by Crippen LogP contribution is -2.20. The van der Waals surface area contributed by atoms with Crippen LogP contribution in [0.15, 0.2) is 47.6 Å². The van der Waals surface area contributed by atoms with Crippen molar-refractivity contribution in [2.45, 2.75) is 25.3 Å². The number of anilines is 1. The standard InChI is InChI=1S/C16H24N4/c1-20-12-5-8-15(10-13-20)19-16(17)9-11-18-14-6-3-2-4-7-14/h2-4,6-7,9,11,15,18H,5,8,10,12-13H2,1H3,(H2,17,19)/b11-9-. The SMILES string of the molecule is CN1CCCC(N=C(N)/C=C\Nc2ccccc2)CC1. The van der Waals surface area contributed by atoms with Crippen LogP contribution in [0.1, 0.15) is 19.3 Å². The van der Waals surface area contributed by atoms with Gasteiger partial charge in [-0.15, -0.1) is 0 Å². The fourth-order valence-corrected chi connectivity index (χ4v) is 2.36. The molecule has 2 rings (SSSR count). The normalized spacial score (nSPS) is 21.9. The van der Waals surface area contributed by atoms with Crippen LogP contribution in [-0.2, 0) is 0 Å². The molecule has 4 nitrogen and oxygen atoms in total. The Morgan fingerprint density at radius 1 is 1.30 bits per heavy atom. The van der Waals surface area contributed by atoms with E-state index in [0.717, 1.165) is 31.6 Å². The van der Waals surface area contributed by atoms with Gasteiger partial charge in [0, 0.05) is 11.9 Å². The summed E-state index contributed by atoms with van der Waals surface area (Å²) in [6, 6.07) is 10.4. The van der Waals surface area contributed by atoms with Gasteiger partial charge in [-0.3, -0.25) is 4.99 Å². The first-order valence-electron chi connectivity index (χ1n) is 7.24. The zero-order valence-corrected chi connectivity index (χ0v) is 12.1. The summed E-state index contributed by atoms with van der Waals surface area (Å²) in [5, 5.41) is 3.18.